The van der Waals surface area contributed by atoms with Crippen LogP contribution in [0.4, 0.5) is 0 Å². The average Bonchev–Trinajstić information content (AvgIpc) is 2.80. The Balaban J connectivity index is 2.31. The van der Waals surface area contributed by atoms with E-state index in [0.29, 0.717) is 11.4 Å². The predicted molar refractivity (Wildman–Crippen MR) is 87.7 cm³/mol. The summed E-state index contributed by atoms with van der Waals surface area (Å²) < 4.78 is 0. The number of halogens is 3. The summed E-state index contributed by atoms with van der Waals surface area (Å²) in [6.07, 6.45) is 0. The normalized spacial score (nSPS) is 11.3. The zero-order valence-electron chi connectivity index (χ0n) is 11.3. The lowest BCUT2D eigenvalue weighted by Gasteiger charge is -2.07. The largest absolute Gasteiger partial charge is 0.506 e. The van der Waals surface area contributed by atoms with Gasteiger partial charge in [-0.3, -0.25) is 0 Å². The van der Waals surface area contributed by atoms with Gasteiger partial charge in [-0.05, 0) is 43.2 Å². The van der Waals surface area contributed by atoms with Gasteiger partial charge in [0, 0.05) is 0 Å². The molecule has 1 heterocycles. The fourth-order valence-corrected chi connectivity index (χ4v) is 2.89. The van der Waals surface area contributed by atoms with E-state index < -0.39 is 0 Å². The number of nitrogens with one attached hydrogen (secondary N) is 1. The lowest BCUT2D eigenvalue weighted by atomic mass is 10.1. The minimum Gasteiger partial charge on any atom is -0.506 e. The Bertz CT molecular complexity index is 806. The Morgan fingerprint density at radius 3 is 2.38 bits per heavy atom. The van der Waals surface area contributed by atoms with Gasteiger partial charge in [0.05, 0.1) is 31.7 Å². The molecule has 0 aliphatic carbocycles. The van der Waals surface area contributed by atoms with Crippen molar-refractivity contribution in [1.82, 2.24) is 9.97 Å². The molecule has 2 N–H and O–H groups in total. The monoisotopic (exact) mass is 340 g/mol. The molecule has 3 aromatic rings. The molecule has 6 heteroatoms. The second kappa shape index (κ2) is 5.09. The fourth-order valence-electron chi connectivity index (χ4n) is 2.19. The minimum atomic E-state index is -0.140. The molecule has 1 aromatic heterocycles. The molecular formula is C15H11Cl3N2O. The van der Waals surface area contributed by atoms with Gasteiger partial charge in [0.25, 0.3) is 0 Å². The van der Waals surface area contributed by atoms with Crippen LogP contribution < -0.4 is 0 Å². The summed E-state index contributed by atoms with van der Waals surface area (Å²) in [5.41, 5.74) is 4.25. The van der Waals surface area contributed by atoms with Crippen LogP contribution in [0, 0.1) is 13.8 Å². The summed E-state index contributed by atoms with van der Waals surface area (Å²) in [5.74, 6) is 0.292. The Morgan fingerprint density at radius 1 is 1.00 bits per heavy atom. The first-order valence-electron chi connectivity index (χ1n) is 6.22. The number of fused-ring (bicyclic) bond motifs is 1. The van der Waals surface area contributed by atoms with Crippen molar-refractivity contribution in [1.29, 1.82) is 0 Å². The van der Waals surface area contributed by atoms with E-state index in [0.717, 1.165) is 22.2 Å². The van der Waals surface area contributed by atoms with Crippen LogP contribution in [0.1, 0.15) is 11.1 Å². The maximum Gasteiger partial charge on any atom is 0.146 e. The van der Waals surface area contributed by atoms with Crippen LogP contribution >= 0.6 is 34.8 Å². The quantitative estimate of drug-likeness (QED) is 0.573. The standard InChI is InChI=1S/C15H11Cl3N2O/c1-6-3-10-11(4-7(6)2)20-15(19-10)12-13(18)8(16)5-9(17)14(12)21/h3-5,21H,1-2H3,(H,19,20). The summed E-state index contributed by atoms with van der Waals surface area (Å²) in [7, 11) is 0. The van der Waals surface area contributed by atoms with E-state index in [9.17, 15) is 5.11 Å². The highest BCUT2D eigenvalue weighted by Gasteiger charge is 2.19. The number of hydrogen-bond acceptors (Lipinski definition) is 2. The molecule has 0 atom stereocenters. The van der Waals surface area contributed by atoms with Crippen LogP contribution in [-0.2, 0) is 0 Å². The third-order valence-electron chi connectivity index (χ3n) is 3.48. The number of aryl methyl sites for hydroxylation is 2. The van der Waals surface area contributed by atoms with Crippen molar-refractivity contribution in [3.63, 3.8) is 0 Å². The number of aromatic hydroxyl groups is 1. The van der Waals surface area contributed by atoms with Crippen LogP contribution in [-0.4, -0.2) is 15.1 Å². The van der Waals surface area contributed by atoms with E-state index in [4.69, 9.17) is 34.8 Å². The van der Waals surface area contributed by atoms with Gasteiger partial charge in [-0.25, -0.2) is 4.98 Å². The summed E-state index contributed by atoms with van der Waals surface area (Å²) in [6.45, 7) is 4.04. The zero-order chi connectivity index (χ0) is 15.3. The number of nitrogens with zero attached hydrogens (tertiary/aromatic N) is 1. The van der Waals surface area contributed by atoms with E-state index in [1.807, 2.05) is 26.0 Å². The Morgan fingerprint density at radius 2 is 1.67 bits per heavy atom. The number of phenolic OH excluding ortho intramolecular Hbond substituents is 1. The molecule has 3 nitrogen and oxygen atoms in total. The van der Waals surface area contributed by atoms with Gasteiger partial charge in [-0.1, -0.05) is 34.8 Å². The molecule has 0 radical (unpaired) electrons. The van der Waals surface area contributed by atoms with Crippen LogP contribution in [0.5, 0.6) is 5.75 Å². The number of hydrogen-bond donors (Lipinski definition) is 2. The molecule has 2 aromatic carbocycles. The summed E-state index contributed by atoms with van der Waals surface area (Å²) in [6, 6.07) is 5.38. The molecule has 0 fully saturated rings. The predicted octanol–water partition coefficient (Wildman–Crippen LogP) is 5.51. The third kappa shape index (κ3) is 2.35. The minimum absolute atomic E-state index is 0.132. The zero-order valence-corrected chi connectivity index (χ0v) is 13.5. The van der Waals surface area contributed by atoms with Crippen molar-refractivity contribution in [2.75, 3.05) is 0 Å². The number of H-pyrrole nitrogens is 1. The van der Waals surface area contributed by atoms with Gasteiger partial charge in [-0.2, -0.15) is 0 Å². The highest BCUT2D eigenvalue weighted by molar-refractivity contribution is 6.45. The summed E-state index contributed by atoms with van der Waals surface area (Å²) >= 11 is 18.2. The van der Waals surface area contributed by atoms with Crippen molar-refractivity contribution in [3.05, 3.63) is 44.4 Å². The van der Waals surface area contributed by atoms with E-state index in [2.05, 4.69) is 9.97 Å². The van der Waals surface area contributed by atoms with E-state index in [1.165, 1.54) is 6.07 Å². The van der Waals surface area contributed by atoms with E-state index in [-0.39, 0.29) is 20.8 Å². The topological polar surface area (TPSA) is 48.9 Å². The van der Waals surface area contributed by atoms with Gasteiger partial charge < -0.3 is 10.1 Å². The first kappa shape index (κ1) is 14.5. The van der Waals surface area contributed by atoms with Gasteiger partial charge in [0.2, 0.25) is 0 Å². The van der Waals surface area contributed by atoms with Crippen LogP contribution in [0.25, 0.3) is 22.4 Å². The van der Waals surface area contributed by atoms with Gasteiger partial charge in [0.15, 0.2) is 0 Å². The summed E-state index contributed by atoms with van der Waals surface area (Å²) in [4.78, 5) is 7.61. The number of aromatic amines is 1. The SMILES string of the molecule is Cc1cc2nc(-c3c(O)c(Cl)cc(Cl)c3Cl)[nH]c2cc1C. The summed E-state index contributed by atoms with van der Waals surface area (Å²) in [5, 5.41) is 10.8. The maximum absolute atomic E-state index is 10.2. The molecule has 0 aliphatic rings. The number of imidazole rings is 1. The molecule has 0 bridgehead atoms. The van der Waals surface area contributed by atoms with Gasteiger partial charge >= 0.3 is 0 Å². The Hall–Kier alpha value is -1.42. The second-order valence-electron chi connectivity index (χ2n) is 4.92. The van der Waals surface area contributed by atoms with Crippen LogP contribution in [0.2, 0.25) is 15.1 Å². The molecule has 0 saturated heterocycles. The molecule has 3 rings (SSSR count). The van der Waals surface area contributed by atoms with Gasteiger partial charge in [-0.15, -0.1) is 0 Å². The lowest BCUT2D eigenvalue weighted by molar-refractivity contribution is 0.477. The molecule has 21 heavy (non-hydrogen) atoms. The molecule has 108 valence electrons. The smallest absolute Gasteiger partial charge is 0.146 e. The maximum atomic E-state index is 10.2. The number of benzene rings is 2. The Labute approximate surface area is 136 Å². The van der Waals surface area contributed by atoms with Crippen molar-refractivity contribution in [2.45, 2.75) is 13.8 Å². The molecule has 0 saturated carbocycles. The van der Waals surface area contributed by atoms with Crippen LogP contribution in [0.3, 0.4) is 0 Å². The lowest BCUT2D eigenvalue weighted by Crippen LogP contribution is -1.86. The fraction of sp³-hybridized carbons (Fsp3) is 0.133. The van der Waals surface area contributed by atoms with Crippen LogP contribution in [0.15, 0.2) is 18.2 Å². The first-order valence-corrected chi connectivity index (χ1v) is 7.35. The first-order chi connectivity index (χ1) is 9.88. The average molecular weight is 342 g/mol. The van der Waals surface area contributed by atoms with Crippen molar-refractivity contribution >= 4 is 45.8 Å². The Kier molecular flexibility index (Phi) is 3.52. The van der Waals surface area contributed by atoms with E-state index >= 15 is 0 Å². The van der Waals surface area contributed by atoms with Crippen molar-refractivity contribution in [3.8, 4) is 17.1 Å². The second-order valence-corrected chi connectivity index (χ2v) is 6.11. The molecule has 0 aliphatic heterocycles. The molecule has 0 amide bonds. The van der Waals surface area contributed by atoms with E-state index in [1.54, 1.807) is 0 Å². The van der Waals surface area contributed by atoms with Gasteiger partial charge in [0.1, 0.15) is 11.6 Å². The number of rotatable bonds is 1. The van der Waals surface area contributed by atoms with Crippen molar-refractivity contribution in [2.24, 2.45) is 0 Å². The van der Waals surface area contributed by atoms with Crippen molar-refractivity contribution < 1.29 is 5.11 Å². The highest BCUT2D eigenvalue weighted by Crippen LogP contribution is 2.44. The molecule has 0 unspecified atom stereocenters. The highest BCUT2D eigenvalue weighted by atomic mass is 35.5. The molecule has 0 spiro atoms. The third-order valence-corrected chi connectivity index (χ3v) is 4.56. The number of phenols is 1. The number of aromatic nitrogens is 2. The molecular weight excluding hydrogens is 331 g/mol.